The van der Waals surface area contributed by atoms with Gasteiger partial charge in [0.15, 0.2) is 11.5 Å². The second-order valence-electron chi connectivity index (χ2n) is 7.29. The Morgan fingerprint density at radius 2 is 2.13 bits per heavy atom. The third-order valence-corrected chi connectivity index (χ3v) is 6.21. The molecule has 170 valence electrons. The van der Waals surface area contributed by atoms with E-state index >= 15 is 0 Å². The van der Waals surface area contributed by atoms with Crippen molar-refractivity contribution in [2.45, 2.75) is 25.7 Å². The van der Waals surface area contributed by atoms with Crippen LogP contribution in [0.25, 0.3) is 0 Å². The molecule has 1 heterocycles. The number of aromatic nitrogens is 2. The molecular weight excluding hydrogens is 497 g/mol. The van der Waals surface area contributed by atoms with Gasteiger partial charge in [-0.3, -0.25) is 10.7 Å². The number of halogens is 2. The Hall–Kier alpha value is -2.13. The lowest BCUT2D eigenvalue weighted by Gasteiger charge is -2.12. The van der Waals surface area contributed by atoms with Crippen LogP contribution < -0.4 is 20.7 Å². The van der Waals surface area contributed by atoms with Gasteiger partial charge in [-0.05, 0) is 75.5 Å². The van der Waals surface area contributed by atoms with Crippen molar-refractivity contribution in [3.63, 3.8) is 0 Å². The Morgan fingerprint density at radius 1 is 1.35 bits per heavy atom. The Bertz CT molecular complexity index is 1030. The van der Waals surface area contributed by atoms with Crippen LogP contribution in [0.4, 0.5) is 15.9 Å². The van der Waals surface area contributed by atoms with Crippen molar-refractivity contribution in [2.24, 2.45) is 22.0 Å². The van der Waals surface area contributed by atoms with E-state index in [1.165, 1.54) is 18.2 Å². The molecule has 2 atom stereocenters. The summed E-state index contributed by atoms with van der Waals surface area (Å²) in [6.45, 7) is 0.920. The fraction of sp³-hybridized carbons (Fsp3) is 0.471. The molecule has 6 N–H and O–H groups in total. The summed E-state index contributed by atoms with van der Waals surface area (Å²) in [6, 6.07) is 4.14. The van der Waals surface area contributed by atoms with Gasteiger partial charge >= 0.3 is 0 Å². The molecule has 1 fully saturated rings. The quantitative estimate of drug-likeness (QED) is 0.190. The molecule has 1 aromatic heterocycles. The van der Waals surface area contributed by atoms with Crippen LogP contribution in [0.1, 0.15) is 31.4 Å². The van der Waals surface area contributed by atoms with E-state index in [2.05, 4.69) is 41.3 Å². The minimum absolute atomic E-state index is 0.0164. The van der Waals surface area contributed by atoms with Crippen LogP contribution in [0, 0.1) is 17.7 Å². The predicted octanol–water partition coefficient (Wildman–Crippen LogP) is 2.04. The highest BCUT2D eigenvalue weighted by Crippen LogP contribution is 2.32. The van der Waals surface area contributed by atoms with Gasteiger partial charge in [-0.15, -0.1) is 0 Å². The Kier molecular flexibility index (Phi) is 7.94. The second-order valence-corrected chi connectivity index (χ2v) is 9.52. The van der Waals surface area contributed by atoms with Crippen molar-refractivity contribution in [2.75, 3.05) is 18.4 Å². The Labute approximate surface area is 186 Å². The molecule has 1 aromatic carbocycles. The summed E-state index contributed by atoms with van der Waals surface area (Å²) in [6.07, 6.45) is 3.66. The van der Waals surface area contributed by atoms with E-state index in [9.17, 15) is 18.0 Å². The van der Waals surface area contributed by atoms with Crippen LogP contribution in [0.5, 0.6) is 0 Å². The number of amidine groups is 1. The number of nitrogens with two attached hydrogens (primary N) is 1. The summed E-state index contributed by atoms with van der Waals surface area (Å²) in [5, 5.41) is 25.1. The van der Waals surface area contributed by atoms with E-state index in [4.69, 9.17) is 9.77 Å². The molecule has 1 saturated carbocycles. The normalized spacial score (nSPS) is 19.5. The van der Waals surface area contributed by atoms with Gasteiger partial charge in [0, 0.05) is 13.1 Å². The average molecular weight is 520 g/mol. The molecular formula is C17H23BrFN7O4S. The largest absolute Gasteiger partial charge is 0.365 e. The van der Waals surface area contributed by atoms with Crippen LogP contribution in [0.2, 0.25) is 0 Å². The summed E-state index contributed by atoms with van der Waals surface area (Å²) in [4.78, 5) is 4.21. The van der Waals surface area contributed by atoms with Crippen LogP contribution in [0.3, 0.4) is 0 Å². The van der Waals surface area contributed by atoms with Crippen molar-refractivity contribution >= 4 is 43.5 Å². The minimum atomic E-state index is -3.67. The highest BCUT2D eigenvalue weighted by Gasteiger charge is 2.25. The molecule has 0 amide bonds. The van der Waals surface area contributed by atoms with Gasteiger partial charge in [-0.1, -0.05) is 6.42 Å². The lowest BCUT2D eigenvalue weighted by Crippen LogP contribution is -2.34. The highest BCUT2D eigenvalue weighted by molar-refractivity contribution is 9.10. The van der Waals surface area contributed by atoms with Crippen LogP contribution in [-0.2, 0) is 10.2 Å². The molecule has 1 aliphatic carbocycles. The van der Waals surface area contributed by atoms with Crippen molar-refractivity contribution in [3.8, 4) is 0 Å². The fourth-order valence-corrected chi connectivity index (χ4v) is 4.36. The molecule has 0 bridgehead atoms. The third kappa shape index (κ3) is 6.93. The van der Waals surface area contributed by atoms with E-state index in [0.717, 1.165) is 25.7 Å². The van der Waals surface area contributed by atoms with Gasteiger partial charge in [0.2, 0.25) is 5.82 Å². The number of nitrogens with zero attached hydrogens (tertiary/aromatic N) is 3. The summed E-state index contributed by atoms with van der Waals surface area (Å²) in [7, 11) is -3.67. The number of hydrogen-bond acceptors (Lipinski definition) is 8. The maximum atomic E-state index is 13.4. The zero-order valence-electron chi connectivity index (χ0n) is 16.4. The number of anilines is 1. The molecule has 2 unspecified atom stereocenters. The molecule has 11 nitrogen and oxygen atoms in total. The van der Waals surface area contributed by atoms with Crippen molar-refractivity contribution in [1.82, 2.24) is 20.5 Å². The van der Waals surface area contributed by atoms with E-state index in [-0.39, 0.29) is 21.9 Å². The number of aliphatic imine (C=N–C) groups is 1. The van der Waals surface area contributed by atoms with Gasteiger partial charge < -0.3 is 5.32 Å². The van der Waals surface area contributed by atoms with E-state index in [0.29, 0.717) is 30.5 Å². The zero-order valence-corrected chi connectivity index (χ0v) is 18.8. The third-order valence-electron chi connectivity index (χ3n) is 5.03. The first-order chi connectivity index (χ1) is 14.7. The zero-order chi connectivity index (χ0) is 22.4. The molecule has 0 saturated heterocycles. The molecule has 31 heavy (non-hydrogen) atoms. The SMILES string of the molecule is NS(=O)(=O)NCC1CCC(CCNc2nonc2C(=Nc2ccc(F)c(Br)c2)NO)C1. The van der Waals surface area contributed by atoms with Gasteiger partial charge in [0.1, 0.15) is 5.82 Å². The maximum Gasteiger partial charge on any atom is 0.274 e. The van der Waals surface area contributed by atoms with Gasteiger partial charge in [-0.25, -0.2) is 23.9 Å². The minimum Gasteiger partial charge on any atom is -0.365 e. The maximum absolute atomic E-state index is 13.4. The fourth-order valence-electron chi connectivity index (χ4n) is 3.53. The number of hydroxylamine groups is 1. The summed E-state index contributed by atoms with van der Waals surface area (Å²) < 4.78 is 42.8. The van der Waals surface area contributed by atoms with Gasteiger partial charge in [0.25, 0.3) is 10.2 Å². The molecule has 0 aliphatic heterocycles. The second kappa shape index (κ2) is 10.5. The van der Waals surface area contributed by atoms with Crippen molar-refractivity contribution < 1.29 is 22.6 Å². The van der Waals surface area contributed by atoms with Crippen LogP contribution >= 0.6 is 15.9 Å². The number of benzene rings is 1. The summed E-state index contributed by atoms with van der Waals surface area (Å²) >= 11 is 3.09. The van der Waals surface area contributed by atoms with Crippen molar-refractivity contribution in [1.29, 1.82) is 0 Å². The first kappa shape index (κ1) is 23.5. The summed E-state index contributed by atoms with van der Waals surface area (Å²) in [5.41, 5.74) is 2.51. The van der Waals surface area contributed by atoms with Gasteiger partial charge in [0.05, 0.1) is 10.2 Å². The average Bonchev–Trinajstić information content (AvgIpc) is 3.36. The lowest BCUT2D eigenvalue weighted by molar-refractivity contribution is 0.234. The molecule has 2 aromatic rings. The smallest absolute Gasteiger partial charge is 0.274 e. The van der Waals surface area contributed by atoms with Crippen molar-refractivity contribution in [3.05, 3.63) is 34.2 Å². The first-order valence-electron chi connectivity index (χ1n) is 9.53. The topological polar surface area (TPSA) is 168 Å². The molecule has 0 spiro atoms. The number of hydrogen-bond donors (Lipinski definition) is 5. The molecule has 3 rings (SSSR count). The lowest BCUT2D eigenvalue weighted by atomic mass is 10.0. The first-order valence-corrected chi connectivity index (χ1v) is 11.9. The van der Waals surface area contributed by atoms with Gasteiger partial charge in [-0.2, -0.15) is 8.42 Å². The van der Waals surface area contributed by atoms with Crippen LogP contribution in [-0.4, -0.2) is 42.9 Å². The number of rotatable bonds is 9. The summed E-state index contributed by atoms with van der Waals surface area (Å²) in [5.74, 6) is 0.547. The van der Waals surface area contributed by atoms with E-state index < -0.39 is 16.0 Å². The standard InChI is InChI=1S/C17H23BrFN7O4S/c18-13-8-12(3-4-14(13)19)23-17(24-27)15-16(26-30-25-15)21-6-5-10-1-2-11(7-10)9-22-31(20,28)29/h3-4,8,10-11,22,27H,1-2,5-7,9H2,(H,21,26)(H,23,24)(H2,20,28,29). The van der Waals surface area contributed by atoms with E-state index in [1.807, 2.05) is 5.48 Å². The molecule has 0 radical (unpaired) electrons. The Morgan fingerprint density at radius 3 is 2.84 bits per heavy atom. The van der Waals surface area contributed by atoms with E-state index in [1.54, 1.807) is 0 Å². The highest BCUT2D eigenvalue weighted by atomic mass is 79.9. The monoisotopic (exact) mass is 519 g/mol. The molecule has 1 aliphatic rings. The molecule has 14 heteroatoms. The number of nitrogens with one attached hydrogen (secondary N) is 3. The predicted molar refractivity (Wildman–Crippen MR) is 115 cm³/mol. The Balaban J connectivity index is 1.55. The van der Waals surface area contributed by atoms with Crippen LogP contribution in [0.15, 0.2) is 32.3 Å².